The molecule has 1 aromatic heterocycles. The van der Waals surface area contributed by atoms with E-state index >= 15 is 0 Å². The Morgan fingerprint density at radius 2 is 1.97 bits per heavy atom. The molecule has 0 spiro atoms. The predicted molar refractivity (Wildman–Crippen MR) is 110 cm³/mol. The van der Waals surface area contributed by atoms with Crippen LogP contribution < -0.4 is 10.7 Å². The molecule has 1 unspecified atom stereocenters. The van der Waals surface area contributed by atoms with Gasteiger partial charge in [0.15, 0.2) is 5.16 Å². The van der Waals surface area contributed by atoms with Crippen LogP contribution in [-0.4, -0.2) is 43.4 Å². The smallest absolute Gasteiger partial charge is 0.318 e. The van der Waals surface area contributed by atoms with Crippen molar-refractivity contribution in [2.75, 3.05) is 5.75 Å². The van der Waals surface area contributed by atoms with Crippen LogP contribution in [0, 0.1) is 0 Å². The first-order valence-corrected chi connectivity index (χ1v) is 11.1. The molecule has 2 aliphatic rings. The van der Waals surface area contributed by atoms with Gasteiger partial charge in [-0.1, -0.05) is 49.0 Å². The molecule has 1 aliphatic heterocycles. The van der Waals surface area contributed by atoms with Gasteiger partial charge in [-0.25, -0.2) is 4.79 Å². The highest BCUT2D eigenvalue weighted by molar-refractivity contribution is 7.99. The van der Waals surface area contributed by atoms with Crippen LogP contribution in [0.3, 0.4) is 0 Å². The van der Waals surface area contributed by atoms with Gasteiger partial charge < -0.3 is 9.88 Å². The molecular weight excluding hydrogens is 404 g/mol. The summed E-state index contributed by atoms with van der Waals surface area (Å²) in [5.74, 6) is 0.496. The highest BCUT2D eigenvalue weighted by Crippen LogP contribution is 2.40. The third kappa shape index (κ3) is 3.55. The molecule has 2 fully saturated rings. The summed E-state index contributed by atoms with van der Waals surface area (Å²) >= 11 is 1.24. The normalized spacial score (nSPS) is 21.1. The van der Waals surface area contributed by atoms with Gasteiger partial charge in [0.1, 0.15) is 11.4 Å². The lowest BCUT2D eigenvalue weighted by atomic mass is 9.87. The van der Waals surface area contributed by atoms with Crippen LogP contribution in [0.15, 0.2) is 35.5 Å². The second-order valence-corrected chi connectivity index (χ2v) is 8.32. The fourth-order valence-electron chi connectivity index (χ4n) is 3.67. The van der Waals surface area contributed by atoms with Crippen LogP contribution in [0.2, 0.25) is 0 Å². The average Bonchev–Trinajstić information content (AvgIpc) is 3.48. The average molecular weight is 429 g/mol. The highest BCUT2D eigenvalue weighted by atomic mass is 32.2. The van der Waals surface area contributed by atoms with E-state index in [2.05, 4.69) is 20.9 Å². The summed E-state index contributed by atoms with van der Waals surface area (Å²) in [4.78, 5) is 38.0. The number of hydrogen-bond acceptors (Lipinski definition) is 6. The molecule has 4 amide bonds. The second-order valence-electron chi connectivity index (χ2n) is 7.38. The molecule has 1 aromatic carbocycles. The van der Waals surface area contributed by atoms with Crippen LogP contribution in [0.1, 0.15) is 50.4 Å². The van der Waals surface area contributed by atoms with Crippen molar-refractivity contribution in [2.45, 2.75) is 56.3 Å². The van der Waals surface area contributed by atoms with E-state index in [4.69, 9.17) is 0 Å². The van der Waals surface area contributed by atoms with Gasteiger partial charge in [0.05, 0.1) is 5.75 Å². The van der Waals surface area contributed by atoms with E-state index in [-0.39, 0.29) is 5.75 Å². The monoisotopic (exact) mass is 428 g/mol. The first-order valence-electron chi connectivity index (χ1n) is 10.1. The summed E-state index contributed by atoms with van der Waals surface area (Å²) in [5, 5.41) is 12.6. The number of carbonyl (C=O) groups is 3. The number of benzene rings is 1. The maximum atomic E-state index is 13.1. The SMILES string of the molecule is CCn1c(SCC(=O)NN2C(=O)NC(CC)(c3ccccc3)C2=O)nnc1C1CC1. The lowest BCUT2D eigenvalue weighted by Gasteiger charge is -2.25. The van der Waals surface area contributed by atoms with Crippen LogP contribution in [0.4, 0.5) is 4.79 Å². The predicted octanol–water partition coefficient (Wildman–Crippen LogP) is 2.16. The van der Waals surface area contributed by atoms with Crippen LogP contribution in [0.25, 0.3) is 0 Å². The Labute approximate surface area is 178 Å². The molecule has 1 saturated carbocycles. The number of amides is 4. The van der Waals surface area contributed by atoms with Gasteiger partial charge >= 0.3 is 6.03 Å². The fraction of sp³-hybridized carbons (Fsp3) is 0.450. The Bertz CT molecular complexity index is 974. The highest BCUT2D eigenvalue weighted by Gasteiger charge is 2.52. The van der Waals surface area contributed by atoms with E-state index < -0.39 is 23.4 Å². The number of urea groups is 1. The topological polar surface area (TPSA) is 109 Å². The number of rotatable bonds is 8. The molecule has 0 bridgehead atoms. The Balaban J connectivity index is 1.42. The number of thioether (sulfide) groups is 1. The summed E-state index contributed by atoms with van der Waals surface area (Å²) in [6.45, 7) is 4.56. The zero-order valence-corrected chi connectivity index (χ0v) is 17.7. The Kier molecular flexibility index (Phi) is 5.50. The number of hydrogen-bond donors (Lipinski definition) is 2. The molecule has 158 valence electrons. The number of carbonyl (C=O) groups excluding carboxylic acids is 3. The molecule has 0 radical (unpaired) electrons. The van der Waals surface area contributed by atoms with Gasteiger partial charge in [-0.2, -0.15) is 5.01 Å². The Hall–Kier alpha value is -2.88. The minimum absolute atomic E-state index is 0.0182. The molecule has 2 aromatic rings. The first kappa shape index (κ1) is 20.4. The van der Waals surface area contributed by atoms with E-state index in [0.29, 0.717) is 23.1 Å². The summed E-state index contributed by atoms with van der Waals surface area (Å²) in [7, 11) is 0. The van der Waals surface area contributed by atoms with Gasteiger partial charge in [-0.15, -0.1) is 10.2 Å². The first-order chi connectivity index (χ1) is 14.5. The van der Waals surface area contributed by atoms with Crippen molar-refractivity contribution in [3.8, 4) is 0 Å². The number of nitrogens with zero attached hydrogens (tertiary/aromatic N) is 4. The van der Waals surface area contributed by atoms with Crippen molar-refractivity contribution in [1.29, 1.82) is 0 Å². The Morgan fingerprint density at radius 3 is 2.60 bits per heavy atom. The van der Waals surface area contributed by atoms with Crippen molar-refractivity contribution in [2.24, 2.45) is 0 Å². The van der Waals surface area contributed by atoms with E-state index in [1.54, 1.807) is 12.1 Å². The zero-order chi connectivity index (χ0) is 21.3. The number of imide groups is 1. The lowest BCUT2D eigenvalue weighted by molar-refractivity contribution is -0.138. The molecule has 1 aliphatic carbocycles. The zero-order valence-electron chi connectivity index (χ0n) is 16.9. The minimum Gasteiger partial charge on any atom is -0.318 e. The summed E-state index contributed by atoms with van der Waals surface area (Å²) < 4.78 is 2.01. The van der Waals surface area contributed by atoms with Crippen molar-refractivity contribution < 1.29 is 14.4 Å². The molecular formula is C20H24N6O3S. The molecule has 2 N–H and O–H groups in total. The molecule has 9 nitrogen and oxygen atoms in total. The van der Waals surface area contributed by atoms with Crippen LogP contribution in [0.5, 0.6) is 0 Å². The number of hydrazine groups is 1. The largest absolute Gasteiger partial charge is 0.344 e. The maximum Gasteiger partial charge on any atom is 0.344 e. The molecule has 4 rings (SSSR count). The second kappa shape index (κ2) is 8.10. The van der Waals surface area contributed by atoms with Gasteiger partial charge in [0.25, 0.3) is 5.91 Å². The van der Waals surface area contributed by atoms with Crippen LogP contribution in [-0.2, 0) is 21.7 Å². The van der Waals surface area contributed by atoms with Crippen molar-refractivity contribution in [1.82, 2.24) is 30.5 Å². The van der Waals surface area contributed by atoms with E-state index in [1.165, 1.54) is 11.8 Å². The Morgan fingerprint density at radius 1 is 1.23 bits per heavy atom. The van der Waals surface area contributed by atoms with Crippen LogP contribution >= 0.6 is 11.8 Å². The van der Waals surface area contributed by atoms with E-state index in [9.17, 15) is 14.4 Å². The van der Waals surface area contributed by atoms with Crippen molar-refractivity contribution in [3.63, 3.8) is 0 Å². The quantitative estimate of drug-likeness (QED) is 0.493. The standard InChI is InChI=1S/C20H24N6O3S/c1-3-20(14-8-6-5-7-9-14)17(28)26(18(29)21-20)24-15(27)12-30-19-23-22-16(13-10-11-13)25(19)4-2/h5-9,13H,3-4,10-12H2,1-2H3,(H,21,29)(H,24,27). The number of nitrogens with one attached hydrogen (secondary N) is 2. The summed E-state index contributed by atoms with van der Waals surface area (Å²) in [6, 6.07) is 8.40. The van der Waals surface area contributed by atoms with Gasteiger partial charge in [0, 0.05) is 12.5 Å². The van der Waals surface area contributed by atoms with E-state index in [0.717, 1.165) is 30.2 Å². The van der Waals surface area contributed by atoms with Gasteiger partial charge in [0.2, 0.25) is 5.91 Å². The number of aromatic nitrogens is 3. The van der Waals surface area contributed by atoms with Crippen molar-refractivity contribution >= 4 is 29.6 Å². The third-order valence-electron chi connectivity index (χ3n) is 5.46. The summed E-state index contributed by atoms with van der Waals surface area (Å²) in [6.07, 6.45) is 2.61. The van der Waals surface area contributed by atoms with Gasteiger partial charge in [-0.3, -0.25) is 15.0 Å². The molecule has 10 heteroatoms. The summed E-state index contributed by atoms with van der Waals surface area (Å²) in [5.41, 5.74) is 1.94. The minimum atomic E-state index is -1.18. The van der Waals surface area contributed by atoms with E-state index in [1.807, 2.05) is 36.6 Å². The molecule has 30 heavy (non-hydrogen) atoms. The third-order valence-corrected chi connectivity index (χ3v) is 6.43. The lowest BCUT2D eigenvalue weighted by Crippen LogP contribution is -2.49. The maximum absolute atomic E-state index is 13.1. The molecule has 1 atom stereocenters. The molecule has 1 saturated heterocycles. The molecule has 2 heterocycles. The fourth-order valence-corrected chi connectivity index (χ4v) is 4.48. The van der Waals surface area contributed by atoms with Gasteiger partial charge in [-0.05, 0) is 31.7 Å². The van der Waals surface area contributed by atoms with Crippen molar-refractivity contribution in [3.05, 3.63) is 41.7 Å².